The minimum absolute atomic E-state index is 0.654. The van der Waals surface area contributed by atoms with Crippen molar-refractivity contribution in [3.63, 3.8) is 0 Å². The average molecular weight is 274 g/mol. The van der Waals surface area contributed by atoms with E-state index in [1.165, 1.54) is 63.2 Å². The van der Waals surface area contributed by atoms with Crippen LogP contribution in [0.5, 0.6) is 0 Å². The van der Waals surface area contributed by atoms with Crippen molar-refractivity contribution in [2.45, 2.75) is 57.4 Å². The van der Waals surface area contributed by atoms with Gasteiger partial charge in [-0.15, -0.1) is 0 Å². The molecule has 88 valence electrons. The maximum Gasteiger partial charge on any atom is 0.0100 e. The summed E-state index contributed by atoms with van der Waals surface area (Å²) in [5.41, 5.74) is 0.654. The van der Waals surface area contributed by atoms with Crippen LogP contribution >= 0.6 is 15.9 Å². The van der Waals surface area contributed by atoms with E-state index in [9.17, 15) is 0 Å². The van der Waals surface area contributed by atoms with Gasteiger partial charge in [0.1, 0.15) is 0 Å². The SMILES string of the molecule is CN(CC1(CBr)CC1)C1CCCCCC1. The summed E-state index contributed by atoms with van der Waals surface area (Å²) in [6, 6.07) is 0.879. The Labute approximate surface area is 103 Å². The van der Waals surface area contributed by atoms with Gasteiger partial charge in [0, 0.05) is 17.9 Å². The molecule has 0 N–H and O–H groups in total. The van der Waals surface area contributed by atoms with Crippen molar-refractivity contribution in [2.24, 2.45) is 5.41 Å². The highest BCUT2D eigenvalue weighted by Crippen LogP contribution is 2.47. The van der Waals surface area contributed by atoms with Crippen LogP contribution in [-0.4, -0.2) is 29.9 Å². The van der Waals surface area contributed by atoms with Crippen molar-refractivity contribution in [3.8, 4) is 0 Å². The van der Waals surface area contributed by atoms with Crippen LogP contribution in [0.2, 0.25) is 0 Å². The molecule has 0 heterocycles. The number of halogens is 1. The molecule has 0 aromatic heterocycles. The van der Waals surface area contributed by atoms with E-state index in [2.05, 4.69) is 27.9 Å². The standard InChI is InChI=1S/C13H24BrN/c1-15(11-13(10-14)8-9-13)12-6-4-2-3-5-7-12/h12H,2-11H2,1H3. The highest BCUT2D eigenvalue weighted by atomic mass is 79.9. The Morgan fingerprint density at radius 3 is 2.20 bits per heavy atom. The molecule has 0 aliphatic heterocycles. The molecule has 2 rings (SSSR count). The lowest BCUT2D eigenvalue weighted by Crippen LogP contribution is -2.36. The topological polar surface area (TPSA) is 3.24 Å². The van der Waals surface area contributed by atoms with E-state index in [4.69, 9.17) is 0 Å². The second-order valence-electron chi connectivity index (χ2n) is 5.69. The van der Waals surface area contributed by atoms with Gasteiger partial charge in [-0.05, 0) is 38.1 Å². The fraction of sp³-hybridized carbons (Fsp3) is 1.00. The van der Waals surface area contributed by atoms with Crippen molar-refractivity contribution in [1.82, 2.24) is 4.90 Å². The van der Waals surface area contributed by atoms with Crippen LogP contribution in [0.3, 0.4) is 0 Å². The van der Waals surface area contributed by atoms with E-state index >= 15 is 0 Å². The van der Waals surface area contributed by atoms with Gasteiger partial charge in [-0.3, -0.25) is 0 Å². The molecular weight excluding hydrogens is 250 g/mol. The Morgan fingerprint density at radius 2 is 1.73 bits per heavy atom. The molecule has 0 saturated heterocycles. The Kier molecular flexibility index (Phi) is 4.11. The fourth-order valence-corrected chi connectivity index (χ4v) is 3.61. The van der Waals surface area contributed by atoms with Gasteiger partial charge in [-0.25, -0.2) is 0 Å². The predicted octanol–water partition coefficient (Wildman–Crippen LogP) is 3.82. The molecule has 2 fully saturated rings. The molecule has 0 bridgehead atoms. The second-order valence-corrected chi connectivity index (χ2v) is 6.25. The summed E-state index contributed by atoms with van der Waals surface area (Å²) in [6.07, 6.45) is 11.6. The first-order chi connectivity index (χ1) is 7.26. The average Bonchev–Trinajstić information content (AvgIpc) is 3.00. The first kappa shape index (κ1) is 11.9. The summed E-state index contributed by atoms with van der Waals surface area (Å²) < 4.78 is 0. The molecule has 0 amide bonds. The second kappa shape index (κ2) is 5.18. The third-order valence-electron chi connectivity index (χ3n) is 4.27. The summed E-state index contributed by atoms with van der Waals surface area (Å²) in [5.74, 6) is 0. The highest BCUT2D eigenvalue weighted by Gasteiger charge is 2.42. The van der Waals surface area contributed by atoms with Gasteiger partial charge in [0.05, 0.1) is 0 Å². The van der Waals surface area contributed by atoms with E-state index in [0.717, 1.165) is 6.04 Å². The summed E-state index contributed by atoms with van der Waals surface area (Å²) in [4.78, 5) is 2.65. The van der Waals surface area contributed by atoms with Crippen LogP contribution < -0.4 is 0 Å². The number of hydrogen-bond acceptors (Lipinski definition) is 1. The number of rotatable bonds is 4. The Morgan fingerprint density at radius 1 is 1.13 bits per heavy atom. The quantitative estimate of drug-likeness (QED) is 0.556. The molecule has 15 heavy (non-hydrogen) atoms. The maximum absolute atomic E-state index is 3.67. The Hall–Kier alpha value is 0.440. The minimum atomic E-state index is 0.654. The number of hydrogen-bond donors (Lipinski definition) is 0. The Bertz CT molecular complexity index is 193. The smallest absolute Gasteiger partial charge is 0.0100 e. The zero-order valence-electron chi connectivity index (χ0n) is 9.97. The molecule has 2 aliphatic carbocycles. The third kappa shape index (κ3) is 3.20. The molecular formula is C13H24BrN. The van der Waals surface area contributed by atoms with Crippen LogP contribution in [0.4, 0.5) is 0 Å². The van der Waals surface area contributed by atoms with Crippen molar-refractivity contribution in [3.05, 3.63) is 0 Å². The monoisotopic (exact) mass is 273 g/mol. The van der Waals surface area contributed by atoms with Crippen LogP contribution in [-0.2, 0) is 0 Å². The van der Waals surface area contributed by atoms with Crippen molar-refractivity contribution >= 4 is 15.9 Å². The molecule has 0 atom stereocenters. The van der Waals surface area contributed by atoms with E-state index in [0.29, 0.717) is 5.41 Å². The van der Waals surface area contributed by atoms with E-state index in [-0.39, 0.29) is 0 Å². The van der Waals surface area contributed by atoms with Gasteiger partial charge < -0.3 is 4.90 Å². The van der Waals surface area contributed by atoms with Crippen LogP contribution in [0.25, 0.3) is 0 Å². The lowest BCUT2D eigenvalue weighted by atomic mass is 10.0. The first-order valence-corrected chi connectivity index (χ1v) is 7.64. The van der Waals surface area contributed by atoms with Gasteiger partial charge in [0.25, 0.3) is 0 Å². The maximum atomic E-state index is 3.67. The van der Waals surface area contributed by atoms with Gasteiger partial charge in [-0.1, -0.05) is 41.6 Å². The molecule has 0 radical (unpaired) electrons. The van der Waals surface area contributed by atoms with Gasteiger partial charge in [0.15, 0.2) is 0 Å². The molecule has 1 nitrogen and oxygen atoms in total. The number of alkyl halides is 1. The van der Waals surface area contributed by atoms with Crippen molar-refractivity contribution < 1.29 is 0 Å². The predicted molar refractivity (Wildman–Crippen MR) is 69.6 cm³/mol. The van der Waals surface area contributed by atoms with Gasteiger partial charge >= 0.3 is 0 Å². The lowest BCUT2D eigenvalue weighted by molar-refractivity contribution is 0.188. The van der Waals surface area contributed by atoms with Crippen molar-refractivity contribution in [2.75, 3.05) is 18.9 Å². The summed E-state index contributed by atoms with van der Waals surface area (Å²) in [7, 11) is 2.35. The van der Waals surface area contributed by atoms with Crippen molar-refractivity contribution in [1.29, 1.82) is 0 Å². The molecule has 0 aromatic carbocycles. The Balaban J connectivity index is 1.80. The van der Waals surface area contributed by atoms with E-state index in [1.54, 1.807) is 0 Å². The molecule has 2 heteroatoms. The molecule has 0 spiro atoms. The third-order valence-corrected chi connectivity index (χ3v) is 5.46. The van der Waals surface area contributed by atoms with Crippen LogP contribution in [0, 0.1) is 5.41 Å². The molecule has 2 aliphatic rings. The molecule has 2 saturated carbocycles. The summed E-state index contributed by atoms with van der Waals surface area (Å²) in [6.45, 7) is 1.32. The first-order valence-electron chi connectivity index (χ1n) is 6.52. The van der Waals surface area contributed by atoms with E-state index < -0.39 is 0 Å². The van der Waals surface area contributed by atoms with Crippen LogP contribution in [0.15, 0.2) is 0 Å². The van der Waals surface area contributed by atoms with Gasteiger partial charge in [-0.2, -0.15) is 0 Å². The zero-order valence-corrected chi connectivity index (χ0v) is 11.6. The summed E-state index contributed by atoms with van der Waals surface area (Å²) in [5, 5.41) is 1.21. The van der Waals surface area contributed by atoms with Gasteiger partial charge in [0.2, 0.25) is 0 Å². The minimum Gasteiger partial charge on any atom is -0.303 e. The summed E-state index contributed by atoms with van der Waals surface area (Å²) >= 11 is 3.67. The highest BCUT2D eigenvalue weighted by molar-refractivity contribution is 9.09. The van der Waals surface area contributed by atoms with E-state index in [1.807, 2.05) is 0 Å². The van der Waals surface area contributed by atoms with Crippen LogP contribution in [0.1, 0.15) is 51.4 Å². The zero-order chi connectivity index (χ0) is 10.7. The molecule has 0 unspecified atom stereocenters. The molecule has 0 aromatic rings. The largest absolute Gasteiger partial charge is 0.303 e. The normalized spacial score (nSPS) is 26.6. The number of nitrogens with zero attached hydrogens (tertiary/aromatic N) is 1. The lowest BCUT2D eigenvalue weighted by Gasteiger charge is -2.30. The fourth-order valence-electron chi connectivity index (χ4n) is 2.87.